The lowest BCUT2D eigenvalue weighted by Gasteiger charge is -2.26. The molecule has 0 unspecified atom stereocenters. The van der Waals surface area contributed by atoms with Gasteiger partial charge in [-0.1, -0.05) is 6.92 Å². The number of fused-ring (bicyclic) bond motifs is 3. The summed E-state index contributed by atoms with van der Waals surface area (Å²) in [4.78, 5) is 28.5. The number of hydrogen-bond acceptors (Lipinski definition) is 6. The normalized spacial score (nSPS) is 15.5. The zero-order valence-electron chi connectivity index (χ0n) is 16.0. The van der Waals surface area contributed by atoms with Crippen molar-refractivity contribution in [3.05, 3.63) is 33.7 Å². The summed E-state index contributed by atoms with van der Waals surface area (Å²) in [6.07, 6.45) is 3.47. The van der Waals surface area contributed by atoms with Gasteiger partial charge in [0.2, 0.25) is 5.91 Å². The molecule has 9 heteroatoms. The molecule has 4 heterocycles. The largest absolute Gasteiger partial charge is 0.379 e. The molecule has 1 aliphatic heterocycles. The molecule has 1 aliphatic rings. The lowest BCUT2D eigenvalue weighted by Crippen LogP contribution is -2.39. The third-order valence-corrected chi connectivity index (χ3v) is 6.27. The highest BCUT2D eigenvalue weighted by atomic mass is 32.1. The van der Waals surface area contributed by atoms with Crippen LogP contribution in [0.2, 0.25) is 0 Å². The Morgan fingerprint density at radius 1 is 1.29 bits per heavy atom. The molecule has 3 aromatic heterocycles. The fourth-order valence-corrected chi connectivity index (χ4v) is 4.51. The zero-order valence-corrected chi connectivity index (χ0v) is 16.8. The van der Waals surface area contributed by atoms with E-state index in [0.717, 1.165) is 55.9 Å². The summed E-state index contributed by atoms with van der Waals surface area (Å²) in [7, 11) is 0. The SMILES string of the molecule is CCc1cc2c(cc3c(=O)n(CC(=O)NCCCN4CCOCC4)ncn32)s1. The van der Waals surface area contributed by atoms with E-state index in [-0.39, 0.29) is 18.0 Å². The first-order valence-electron chi connectivity index (χ1n) is 9.72. The number of carbonyl (C=O) groups excluding carboxylic acids is 1. The Hall–Kier alpha value is -2.23. The van der Waals surface area contributed by atoms with E-state index in [1.54, 1.807) is 17.7 Å². The minimum atomic E-state index is -0.243. The maximum atomic E-state index is 12.7. The molecule has 0 aromatic carbocycles. The summed E-state index contributed by atoms with van der Waals surface area (Å²) < 4.78 is 9.44. The first-order valence-corrected chi connectivity index (χ1v) is 10.5. The fraction of sp³-hybridized carbons (Fsp3) is 0.526. The van der Waals surface area contributed by atoms with Gasteiger partial charge < -0.3 is 10.1 Å². The smallest absolute Gasteiger partial charge is 0.291 e. The number of hydrogen-bond donors (Lipinski definition) is 1. The topological polar surface area (TPSA) is 80.9 Å². The number of nitrogens with one attached hydrogen (secondary N) is 1. The number of amides is 1. The number of ether oxygens (including phenoxy) is 1. The minimum Gasteiger partial charge on any atom is -0.379 e. The van der Waals surface area contributed by atoms with Crippen LogP contribution < -0.4 is 10.9 Å². The van der Waals surface area contributed by atoms with Gasteiger partial charge in [-0.05, 0) is 31.5 Å². The number of aryl methyl sites for hydroxylation is 1. The molecule has 1 amide bonds. The molecule has 28 heavy (non-hydrogen) atoms. The Labute approximate surface area is 166 Å². The number of rotatable bonds is 7. The third-order valence-electron chi connectivity index (χ3n) is 5.06. The second kappa shape index (κ2) is 8.42. The molecule has 1 saturated heterocycles. The van der Waals surface area contributed by atoms with Crippen LogP contribution >= 0.6 is 11.3 Å². The number of morpholine rings is 1. The van der Waals surface area contributed by atoms with Gasteiger partial charge in [-0.25, -0.2) is 4.68 Å². The standard InChI is InChI=1S/C19H25N5O3S/c1-2-14-10-15-17(28-14)11-16-19(26)24(21-13-23(15)16)12-18(25)20-4-3-5-22-6-8-27-9-7-22/h10-11,13H,2-9,12H2,1H3,(H,20,25). The molecular weight excluding hydrogens is 378 g/mol. The van der Waals surface area contributed by atoms with Gasteiger partial charge in [-0.15, -0.1) is 11.3 Å². The van der Waals surface area contributed by atoms with Gasteiger partial charge >= 0.3 is 0 Å². The van der Waals surface area contributed by atoms with Gasteiger partial charge in [-0.2, -0.15) is 5.10 Å². The van der Waals surface area contributed by atoms with E-state index in [0.29, 0.717) is 12.1 Å². The molecule has 0 saturated carbocycles. The van der Waals surface area contributed by atoms with Crippen molar-refractivity contribution in [3.8, 4) is 0 Å². The van der Waals surface area contributed by atoms with Crippen molar-refractivity contribution in [1.82, 2.24) is 24.4 Å². The third kappa shape index (κ3) is 3.96. The van der Waals surface area contributed by atoms with Crippen LogP contribution in [0.25, 0.3) is 15.7 Å². The average Bonchev–Trinajstić information content (AvgIpc) is 3.26. The summed E-state index contributed by atoms with van der Waals surface area (Å²) in [5.41, 5.74) is 1.31. The summed E-state index contributed by atoms with van der Waals surface area (Å²) in [5.74, 6) is -0.192. The van der Waals surface area contributed by atoms with Crippen molar-refractivity contribution < 1.29 is 9.53 Å². The average molecular weight is 404 g/mol. The zero-order chi connectivity index (χ0) is 19.5. The van der Waals surface area contributed by atoms with Gasteiger partial charge in [0.1, 0.15) is 18.4 Å². The van der Waals surface area contributed by atoms with Gasteiger partial charge in [0.15, 0.2) is 0 Å². The van der Waals surface area contributed by atoms with E-state index in [1.165, 1.54) is 9.56 Å². The number of aromatic nitrogens is 3. The highest BCUT2D eigenvalue weighted by Crippen LogP contribution is 2.27. The van der Waals surface area contributed by atoms with Gasteiger partial charge in [0, 0.05) is 24.5 Å². The summed E-state index contributed by atoms with van der Waals surface area (Å²) in [6, 6.07) is 3.99. The van der Waals surface area contributed by atoms with E-state index >= 15 is 0 Å². The first kappa shape index (κ1) is 19.1. The minimum absolute atomic E-state index is 0.0636. The Kier molecular flexibility index (Phi) is 5.74. The van der Waals surface area contributed by atoms with Gasteiger partial charge in [0.25, 0.3) is 5.56 Å². The highest BCUT2D eigenvalue weighted by molar-refractivity contribution is 7.19. The van der Waals surface area contributed by atoms with Crippen LogP contribution in [-0.4, -0.2) is 64.4 Å². The van der Waals surface area contributed by atoms with Crippen LogP contribution in [0.15, 0.2) is 23.3 Å². The van der Waals surface area contributed by atoms with Gasteiger partial charge in [-0.3, -0.25) is 18.9 Å². The fourth-order valence-electron chi connectivity index (χ4n) is 3.48. The summed E-state index contributed by atoms with van der Waals surface area (Å²) in [5, 5.41) is 7.08. The van der Waals surface area contributed by atoms with Crippen molar-refractivity contribution in [1.29, 1.82) is 0 Å². The maximum absolute atomic E-state index is 12.7. The van der Waals surface area contributed by atoms with Crippen LogP contribution in [0, 0.1) is 0 Å². The molecule has 0 bridgehead atoms. The summed E-state index contributed by atoms with van der Waals surface area (Å²) >= 11 is 1.69. The quantitative estimate of drug-likeness (QED) is 0.598. The lowest BCUT2D eigenvalue weighted by atomic mass is 10.3. The van der Waals surface area contributed by atoms with Crippen molar-refractivity contribution in [2.75, 3.05) is 39.4 Å². The molecule has 0 atom stereocenters. The number of thiophene rings is 1. The highest BCUT2D eigenvalue weighted by Gasteiger charge is 2.14. The molecule has 1 fully saturated rings. The Bertz CT molecular complexity index is 1030. The second-order valence-electron chi connectivity index (χ2n) is 6.97. The molecule has 1 N–H and O–H groups in total. The Balaban J connectivity index is 1.36. The van der Waals surface area contributed by atoms with E-state index in [1.807, 2.05) is 10.5 Å². The van der Waals surface area contributed by atoms with E-state index in [4.69, 9.17) is 4.74 Å². The molecule has 0 radical (unpaired) electrons. The second-order valence-corrected chi connectivity index (χ2v) is 8.13. The molecule has 3 aromatic rings. The molecule has 0 spiro atoms. The van der Waals surface area contributed by atoms with Crippen molar-refractivity contribution >= 4 is 33.0 Å². The van der Waals surface area contributed by atoms with Crippen molar-refractivity contribution in [2.24, 2.45) is 0 Å². The molecule has 8 nitrogen and oxygen atoms in total. The van der Waals surface area contributed by atoms with Crippen molar-refractivity contribution in [2.45, 2.75) is 26.3 Å². The Morgan fingerprint density at radius 3 is 2.89 bits per heavy atom. The first-order chi connectivity index (χ1) is 13.7. The van der Waals surface area contributed by atoms with Crippen molar-refractivity contribution in [3.63, 3.8) is 0 Å². The number of nitrogens with zero attached hydrogens (tertiary/aromatic N) is 4. The van der Waals surface area contributed by atoms with Crippen LogP contribution in [0.5, 0.6) is 0 Å². The van der Waals surface area contributed by atoms with E-state index in [9.17, 15) is 9.59 Å². The van der Waals surface area contributed by atoms with Gasteiger partial charge in [0.05, 0.1) is 23.4 Å². The van der Waals surface area contributed by atoms with Crippen LogP contribution in [0.3, 0.4) is 0 Å². The molecular formula is C19H25N5O3S. The van der Waals surface area contributed by atoms with Crippen LogP contribution in [0.4, 0.5) is 0 Å². The van der Waals surface area contributed by atoms with Crippen LogP contribution in [-0.2, 0) is 22.5 Å². The monoisotopic (exact) mass is 403 g/mol. The Morgan fingerprint density at radius 2 is 2.11 bits per heavy atom. The van der Waals surface area contributed by atoms with E-state index in [2.05, 4.69) is 28.3 Å². The van der Waals surface area contributed by atoms with E-state index < -0.39 is 0 Å². The predicted molar refractivity (Wildman–Crippen MR) is 109 cm³/mol. The lowest BCUT2D eigenvalue weighted by molar-refractivity contribution is -0.121. The molecule has 150 valence electrons. The molecule has 4 rings (SSSR count). The number of carbonyl (C=O) groups is 1. The maximum Gasteiger partial charge on any atom is 0.291 e. The molecule has 0 aliphatic carbocycles. The predicted octanol–water partition coefficient (Wildman–Crippen LogP) is 1.11. The van der Waals surface area contributed by atoms with Crippen LogP contribution in [0.1, 0.15) is 18.2 Å². The summed E-state index contributed by atoms with van der Waals surface area (Å²) in [6.45, 7) is 7.03.